The minimum atomic E-state index is 0. The number of rotatable bonds is 5. The molecule has 0 aromatic rings. The van der Waals surface area contributed by atoms with Crippen LogP contribution in [-0.4, -0.2) is 74.5 Å². The second kappa shape index (κ2) is 11.0. The Morgan fingerprint density at radius 2 is 1.91 bits per heavy atom. The Kier molecular flexibility index (Phi) is 10.8. The van der Waals surface area contributed by atoms with E-state index in [0.717, 1.165) is 31.9 Å². The third kappa shape index (κ3) is 7.62. The lowest BCUT2D eigenvalue weighted by Gasteiger charge is -2.35. The largest absolute Gasteiger partial charge is 0.356 e. The number of carbonyl (C=O) groups excluding carboxylic acids is 1. The summed E-state index contributed by atoms with van der Waals surface area (Å²) in [7, 11) is 5.32. The molecule has 1 rings (SSSR count). The van der Waals surface area contributed by atoms with Gasteiger partial charge in [0.1, 0.15) is 0 Å². The number of amides is 1. The van der Waals surface area contributed by atoms with E-state index in [1.165, 1.54) is 0 Å². The van der Waals surface area contributed by atoms with E-state index in [1.807, 2.05) is 0 Å². The van der Waals surface area contributed by atoms with Gasteiger partial charge in [-0.05, 0) is 26.7 Å². The highest BCUT2D eigenvalue weighted by Crippen LogP contribution is 2.12. The average Bonchev–Trinajstić information content (AvgIpc) is 2.46. The van der Waals surface area contributed by atoms with Crippen LogP contribution in [0.25, 0.3) is 0 Å². The molecule has 0 aliphatic carbocycles. The fourth-order valence-electron chi connectivity index (χ4n) is 2.46. The summed E-state index contributed by atoms with van der Waals surface area (Å²) >= 11 is 0. The van der Waals surface area contributed by atoms with Gasteiger partial charge in [-0.25, -0.2) is 0 Å². The number of nitrogens with zero attached hydrogens (tertiary/aromatic N) is 3. The van der Waals surface area contributed by atoms with Crippen molar-refractivity contribution in [3.8, 4) is 0 Å². The van der Waals surface area contributed by atoms with Gasteiger partial charge >= 0.3 is 0 Å². The predicted octanol–water partition coefficient (Wildman–Crippen LogP) is 1.12. The molecule has 0 saturated carbocycles. The smallest absolute Gasteiger partial charge is 0.223 e. The number of carbonyl (C=O) groups is 1. The maximum absolute atomic E-state index is 11.5. The van der Waals surface area contributed by atoms with Crippen LogP contribution >= 0.6 is 24.0 Å². The zero-order chi connectivity index (χ0) is 15.8. The highest BCUT2D eigenvalue weighted by Gasteiger charge is 2.21. The first-order chi connectivity index (χ1) is 9.93. The maximum atomic E-state index is 11.5. The fraction of sp³-hybridized carbons (Fsp3) is 0.867. The van der Waals surface area contributed by atoms with Crippen molar-refractivity contribution in [1.82, 2.24) is 20.4 Å². The van der Waals surface area contributed by atoms with Gasteiger partial charge in [-0.3, -0.25) is 9.79 Å². The van der Waals surface area contributed by atoms with E-state index in [2.05, 4.69) is 34.4 Å². The first-order valence-electron chi connectivity index (χ1n) is 7.85. The Morgan fingerprint density at radius 1 is 1.32 bits per heavy atom. The van der Waals surface area contributed by atoms with Gasteiger partial charge in [-0.1, -0.05) is 0 Å². The van der Waals surface area contributed by atoms with E-state index < -0.39 is 0 Å². The number of piperidine rings is 1. The Labute approximate surface area is 152 Å². The number of nitrogens with one attached hydrogen (secondary N) is 2. The molecule has 2 N–H and O–H groups in total. The molecular weight excluding hydrogens is 393 g/mol. The van der Waals surface area contributed by atoms with E-state index in [0.29, 0.717) is 25.0 Å². The molecule has 0 spiro atoms. The third-order valence-electron chi connectivity index (χ3n) is 3.95. The monoisotopic (exact) mass is 425 g/mol. The molecule has 0 atom stereocenters. The highest BCUT2D eigenvalue weighted by molar-refractivity contribution is 14.0. The summed E-state index contributed by atoms with van der Waals surface area (Å²) in [6.45, 7) is 7.37. The lowest BCUT2D eigenvalue weighted by molar-refractivity contribution is -0.128. The zero-order valence-corrected chi connectivity index (χ0v) is 16.9. The molecule has 0 aromatic heterocycles. The summed E-state index contributed by atoms with van der Waals surface area (Å²) in [5, 5.41) is 6.67. The van der Waals surface area contributed by atoms with Gasteiger partial charge in [0.05, 0.1) is 0 Å². The van der Waals surface area contributed by atoms with Crippen LogP contribution in [0.3, 0.4) is 0 Å². The van der Waals surface area contributed by atoms with E-state index >= 15 is 0 Å². The summed E-state index contributed by atoms with van der Waals surface area (Å²) in [5.41, 5.74) is 0. The van der Waals surface area contributed by atoms with Crippen LogP contribution in [-0.2, 0) is 4.79 Å². The van der Waals surface area contributed by atoms with Crippen molar-refractivity contribution in [3.63, 3.8) is 0 Å². The van der Waals surface area contributed by atoms with Gasteiger partial charge < -0.3 is 20.4 Å². The summed E-state index contributed by atoms with van der Waals surface area (Å²) in [6, 6.07) is 1.09. The highest BCUT2D eigenvalue weighted by atomic mass is 127. The number of aliphatic imine (C=N–C) groups is 1. The lowest BCUT2D eigenvalue weighted by Crippen LogP contribution is -2.50. The van der Waals surface area contributed by atoms with Crippen LogP contribution in [0, 0.1) is 0 Å². The lowest BCUT2D eigenvalue weighted by atomic mass is 10.0. The quantitative estimate of drug-likeness (QED) is 0.394. The van der Waals surface area contributed by atoms with E-state index in [4.69, 9.17) is 0 Å². The van der Waals surface area contributed by atoms with Gasteiger partial charge in [0.25, 0.3) is 0 Å². The van der Waals surface area contributed by atoms with Crippen LogP contribution in [0.2, 0.25) is 0 Å². The molecule has 0 radical (unpaired) electrons. The molecule has 130 valence electrons. The van der Waals surface area contributed by atoms with Crippen molar-refractivity contribution >= 4 is 35.8 Å². The Hall–Kier alpha value is -0.570. The molecule has 1 aliphatic rings. The Morgan fingerprint density at radius 3 is 2.36 bits per heavy atom. The Bertz CT molecular complexity index is 352. The van der Waals surface area contributed by atoms with Crippen molar-refractivity contribution in [1.29, 1.82) is 0 Å². The summed E-state index contributed by atoms with van der Waals surface area (Å²) in [6.07, 6.45) is 2.75. The molecular formula is C15H32IN5O. The minimum Gasteiger partial charge on any atom is -0.356 e. The summed E-state index contributed by atoms with van der Waals surface area (Å²) < 4.78 is 0. The van der Waals surface area contributed by atoms with Gasteiger partial charge in [-0.2, -0.15) is 0 Å². The van der Waals surface area contributed by atoms with Crippen LogP contribution in [0.5, 0.6) is 0 Å². The third-order valence-corrected chi connectivity index (χ3v) is 3.95. The Balaban J connectivity index is 0.00000441. The first kappa shape index (κ1) is 21.4. The molecule has 1 aliphatic heterocycles. The van der Waals surface area contributed by atoms with E-state index in [9.17, 15) is 4.79 Å². The zero-order valence-electron chi connectivity index (χ0n) is 14.6. The average molecular weight is 425 g/mol. The second-order valence-corrected chi connectivity index (χ2v) is 6.09. The van der Waals surface area contributed by atoms with Crippen LogP contribution in [0.15, 0.2) is 4.99 Å². The normalized spacial score (nSPS) is 17.1. The van der Waals surface area contributed by atoms with Gasteiger partial charge in [0, 0.05) is 59.3 Å². The summed E-state index contributed by atoms with van der Waals surface area (Å²) in [5.74, 6) is 0.924. The van der Waals surface area contributed by atoms with Crippen molar-refractivity contribution in [2.75, 3.05) is 40.8 Å². The van der Waals surface area contributed by atoms with Crippen molar-refractivity contribution in [2.45, 2.75) is 45.2 Å². The van der Waals surface area contributed by atoms with Gasteiger partial charge in [0.2, 0.25) is 5.91 Å². The van der Waals surface area contributed by atoms with E-state index in [-0.39, 0.29) is 29.9 Å². The molecule has 6 nitrogen and oxygen atoms in total. The molecule has 0 aromatic carbocycles. The SMILES string of the molecule is CN=C(NCCC(=O)N(C)C)NC1CCN(C(C)C)CC1.I. The topological polar surface area (TPSA) is 60.0 Å². The van der Waals surface area contributed by atoms with Crippen molar-refractivity contribution in [2.24, 2.45) is 4.99 Å². The first-order valence-corrected chi connectivity index (χ1v) is 7.85. The fourth-order valence-corrected chi connectivity index (χ4v) is 2.46. The maximum Gasteiger partial charge on any atom is 0.223 e. The molecule has 1 amide bonds. The van der Waals surface area contributed by atoms with Gasteiger partial charge in [-0.15, -0.1) is 24.0 Å². The summed E-state index contributed by atoms with van der Waals surface area (Å²) in [4.78, 5) is 19.9. The molecule has 22 heavy (non-hydrogen) atoms. The number of guanidine groups is 1. The predicted molar refractivity (Wildman–Crippen MR) is 103 cm³/mol. The standard InChI is InChI=1S/C15H31N5O.HI/c1-12(2)20-10-7-13(8-11-20)18-15(16-3)17-9-6-14(21)19(4)5;/h12-13H,6-11H2,1-5H3,(H2,16,17,18);1H. The van der Waals surface area contributed by atoms with E-state index in [1.54, 1.807) is 26.0 Å². The van der Waals surface area contributed by atoms with Crippen LogP contribution in [0.1, 0.15) is 33.1 Å². The number of halogens is 1. The molecule has 1 heterocycles. The molecule has 0 unspecified atom stereocenters. The number of hydrogen-bond acceptors (Lipinski definition) is 3. The molecule has 1 fully saturated rings. The van der Waals surface area contributed by atoms with Crippen molar-refractivity contribution in [3.05, 3.63) is 0 Å². The second-order valence-electron chi connectivity index (χ2n) is 6.09. The minimum absolute atomic E-state index is 0. The number of hydrogen-bond donors (Lipinski definition) is 2. The van der Waals surface area contributed by atoms with Gasteiger partial charge in [0.15, 0.2) is 5.96 Å². The molecule has 0 bridgehead atoms. The van der Waals surface area contributed by atoms with Crippen LogP contribution < -0.4 is 10.6 Å². The number of likely N-dealkylation sites (tertiary alicyclic amines) is 1. The molecule has 7 heteroatoms. The van der Waals surface area contributed by atoms with Crippen LogP contribution in [0.4, 0.5) is 0 Å². The molecule has 1 saturated heterocycles. The van der Waals surface area contributed by atoms with Crippen molar-refractivity contribution < 1.29 is 4.79 Å².